The van der Waals surface area contributed by atoms with Crippen molar-refractivity contribution in [3.8, 4) is 0 Å². The molecule has 0 heterocycles. The number of rotatable bonds is 6. The largest absolute Gasteiger partial charge is 0.452 e. The lowest BCUT2D eigenvalue weighted by molar-refractivity contribution is -0.152. The normalized spacial score (nSPS) is 11.4. The molecule has 6 nitrogen and oxygen atoms in total. The molecule has 8 heteroatoms. The van der Waals surface area contributed by atoms with Gasteiger partial charge in [-0.25, -0.2) is 8.78 Å². The molecule has 0 aliphatic heterocycles. The van der Waals surface area contributed by atoms with Gasteiger partial charge in [-0.1, -0.05) is 12.1 Å². The van der Waals surface area contributed by atoms with Gasteiger partial charge in [0.15, 0.2) is 6.10 Å². The maximum atomic E-state index is 13.5. The van der Waals surface area contributed by atoms with Gasteiger partial charge in [0.25, 0.3) is 5.91 Å². The third-order valence-corrected chi connectivity index (χ3v) is 3.49. The summed E-state index contributed by atoms with van der Waals surface area (Å²) in [4.78, 5) is 34.9. The highest BCUT2D eigenvalue weighted by atomic mass is 19.1. The minimum atomic E-state index is -1.20. The Balaban J connectivity index is 1.89. The quantitative estimate of drug-likeness (QED) is 0.759. The van der Waals surface area contributed by atoms with Crippen LogP contribution >= 0.6 is 0 Å². The number of benzene rings is 2. The second-order valence-electron chi connectivity index (χ2n) is 5.80. The molecular weight excluding hydrogens is 358 g/mol. The Kier molecular flexibility index (Phi) is 6.59. The van der Waals surface area contributed by atoms with Crippen LogP contribution in [0.5, 0.6) is 0 Å². The van der Waals surface area contributed by atoms with Crippen LogP contribution in [0.4, 0.5) is 20.2 Å². The lowest BCUT2D eigenvalue weighted by Gasteiger charge is -2.14. The first-order chi connectivity index (χ1) is 12.7. The van der Waals surface area contributed by atoms with E-state index in [0.717, 1.165) is 18.2 Å². The summed E-state index contributed by atoms with van der Waals surface area (Å²) in [5.74, 6) is -3.17. The van der Waals surface area contributed by atoms with E-state index in [1.807, 2.05) is 0 Å². The van der Waals surface area contributed by atoms with Crippen LogP contribution in [0.1, 0.15) is 19.4 Å². The first-order valence-corrected chi connectivity index (χ1v) is 8.06. The summed E-state index contributed by atoms with van der Waals surface area (Å²) >= 11 is 0. The highest BCUT2D eigenvalue weighted by Gasteiger charge is 2.19. The molecule has 0 fully saturated rings. The first-order valence-electron chi connectivity index (χ1n) is 8.06. The topological polar surface area (TPSA) is 84.5 Å². The molecule has 0 bridgehead atoms. The Bertz CT molecular complexity index is 853. The number of carbonyl (C=O) groups is 3. The first kappa shape index (κ1) is 20.0. The average molecular weight is 376 g/mol. The van der Waals surface area contributed by atoms with Crippen LogP contribution in [-0.4, -0.2) is 23.9 Å². The Morgan fingerprint density at radius 1 is 1.04 bits per heavy atom. The summed E-state index contributed by atoms with van der Waals surface area (Å²) in [6.45, 7) is 2.71. The van der Waals surface area contributed by atoms with Crippen LogP contribution in [0.3, 0.4) is 0 Å². The number of anilines is 2. The number of hydrogen-bond acceptors (Lipinski definition) is 4. The van der Waals surface area contributed by atoms with Gasteiger partial charge in [0.2, 0.25) is 5.91 Å². The SMILES string of the molecule is CC(=O)Nc1ccc(CC(=O)O[C@H](C)C(=O)Nc2cc(F)ccc2F)cc1. The highest BCUT2D eigenvalue weighted by Crippen LogP contribution is 2.16. The van der Waals surface area contributed by atoms with Gasteiger partial charge in [-0.2, -0.15) is 0 Å². The van der Waals surface area contributed by atoms with E-state index in [9.17, 15) is 23.2 Å². The molecule has 2 aromatic rings. The minimum absolute atomic E-state index is 0.0910. The fourth-order valence-corrected chi connectivity index (χ4v) is 2.20. The van der Waals surface area contributed by atoms with Gasteiger partial charge in [-0.3, -0.25) is 14.4 Å². The molecule has 0 spiro atoms. The molecule has 2 aromatic carbocycles. The standard InChI is InChI=1S/C19H18F2N2O4/c1-11(19(26)23-17-10-14(20)5-8-16(17)21)27-18(25)9-13-3-6-15(7-4-13)22-12(2)24/h3-8,10-11H,9H2,1-2H3,(H,22,24)(H,23,26)/t11-/m1/s1. The number of hydrogen-bond donors (Lipinski definition) is 2. The zero-order valence-corrected chi connectivity index (χ0v) is 14.7. The highest BCUT2D eigenvalue weighted by molar-refractivity contribution is 5.95. The van der Waals surface area contributed by atoms with Crippen LogP contribution in [0.2, 0.25) is 0 Å². The van der Waals surface area contributed by atoms with Crippen LogP contribution < -0.4 is 10.6 Å². The average Bonchev–Trinajstić information content (AvgIpc) is 2.59. The van der Waals surface area contributed by atoms with Crippen molar-refractivity contribution in [2.75, 3.05) is 10.6 Å². The zero-order valence-electron chi connectivity index (χ0n) is 14.7. The van der Waals surface area contributed by atoms with E-state index in [0.29, 0.717) is 11.3 Å². The van der Waals surface area contributed by atoms with Crippen molar-refractivity contribution in [3.05, 3.63) is 59.7 Å². The Labute approximate surface area is 154 Å². The van der Waals surface area contributed by atoms with Crippen LogP contribution in [0, 0.1) is 11.6 Å². The summed E-state index contributed by atoms with van der Waals surface area (Å²) in [6, 6.07) is 9.18. The van der Waals surface area contributed by atoms with Crippen molar-refractivity contribution in [1.82, 2.24) is 0 Å². The third kappa shape index (κ3) is 6.18. The smallest absolute Gasteiger partial charge is 0.311 e. The van der Waals surface area contributed by atoms with E-state index in [2.05, 4.69) is 10.6 Å². The molecular formula is C19H18F2N2O4. The molecule has 0 saturated heterocycles. The maximum Gasteiger partial charge on any atom is 0.311 e. The fraction of sp³-hybridized carbons (Fsp3) is 0.211. The third-order valence-electron chi connectivity index (χ3n) is 3.49. The van der Waals surface area contributed by atoms with Crippen LogP contribution in [0.15, 0.2) is 42.5 Å². The lowest BCUT2D eigenvalue weighted by atomic mass is 10.1. The summed E-state index contributed by atoms with van der Waals surface area (Å²) in [7, 11) is 0. The van der Waals surface area contributed by atoms with Crippen molar-refractivity contribution in [3.63, 3.8) is 0 Å². The summed E-state index contributed by atoms with van der Waals surface area (Å²) < 4.78 is 31.7. The maximum absolute atomic E-state index is 13.5. The number of halogens is 2. The molecule has 0 aliphatic carbocycles. The van der Waals surface area contributed by atoms with Gasteiger partial charge in [0.05, 0.1) is 12.1 Å². The molecule has 27 heavy (non-hydrogen) atoms. The van der Waals surface area contributed by atoms with Crippen LogP contribution in [0.25, 0.3) is 0 Å². The number of ether oxygens (including phenoxy) is 1. The Morgan fingerprint density at radius 3 is 2.33 bits per heavy atom. The van der Waals surface area contributed by atoms with E-state index < -0.39 is 29.6 Å². The molecule has 0 unspecified atom stereocenters. The van der Waals surface area contributed by atoms with Crippen LogP contribution in [-0.2, 0) is 25.5 Å². The predicted octanol–water partition coefficient (Wildman–Crippen LogP) is 3.04. The van der Waals surface area contributed by atoms with Crippen molar-refractivity contribution in [2.45, 2.75) is 26.4 Å². The second-order valence-corrected chi connectivity index (χ2v) is 5.80. The van der Waals surface area contributed by atoms with Gasteiger partial charge in [-0.05, 0) is 36.8 Å². The fourth-order valence-electron chi connectivity index (χ4n) is 2.20. The number of esters is 1. The van der Waals surface area contributed by atoms with Crippen molar-refractivity contribution >= 4 is 29.2 Å². The summed E-state index contributed by atoms with van der Waals surface area (Å²) in [6.07, 6.45) is -1.29. The zero-order chi connectivity index (χ0) is 20.0. The van der Waals surface area contributed by atoms with Gasteiger partial charge in [-0.15, -0.1) is 0 Å². The lowest BCUT2D eigenvalue weighted by Crippen LogP contribution is -2.30. The molecule has 2 rings (SSSR count). The summed E-state index contributed by atoms with van der Waals surface area (Å²) in [5, 5.41) is 4.77. The number of nitrogens with one attached hydrogen (secondary N) is 2. The minimum Gasteiger partial charge on any atom is -0.452 e. The van der Waals surface area contributed by atoms with E-state index >= 15 is 0 Å². The summed E-state index contributed by atoms with van der Waals surface area (Å²) in [5.41, 5.74) is 0.874. The van der Waals surface area contributed by atoms with Gasteiger partial charge >= 0.3 is 5.97 Å². The van der Waals surface area contributed by atoms with Gasteiger partial charge < -0.3 is 15.4 Å². The number of amides is 2. The van der Waals surface area contributed by atoms with E-state index in [4.69, 9.17) is 4.74 Å². The second kappa shape index (κ2) is 8.88. The van der Waals surface area contributed by atoms with E-state index in [1.165, 1.54) is 13.8 Å². The molecule has 0 saturated carbocycles. The van der Waals surface area contributed by atoms with Gasteiger partial charge in [0.1, 0.15) is 11.6 Å². The van der Waals surface area contributed by atoms with E-state index in [1.54, 1.807) is 24.3 Å². The van der Waals surface area contributed by atoms with Crippen molar-refractivity contribution < 1.29 is 27.9 Å². The Morgan fingerprint density at radius 2 is 1.70 bits per heavy atom. The van der Waals surface area contributed by atoms with Crippen molar-refractivity contribution in [1.29, 1.82) is 0 Å². The predicted molar refractivity (Wildman–Crippen MR) is 95.0 cm³/mol. The number of carbonyl (C=O) groups excluding carboxylic acids is 3. The molecule has 1 atom stereocenters. The Hall–Kier alpha value is -3.29. The molecule has 2 amide bonds. The molecule has 0 aliphatic rings. The molecule has 142 valence electrons. The van der Waals surface area contributed by atoms with E-state index in [-0.39, 0.29) is 18.0 Å². The molecule has 2 N–H and O–H groups in total. The van der Waals surface area contributed by atoms with Crippen molar-refractivity contribution in [2.24, 2.45) is 0 Å². The molecule has 0 radical (unpaired) electrons. The monoisotopic (exact) mass is 376 g/mol. The molecule has 0 aromatic heterocycles. The van der Waals surface area contributed by atoms with Gasteiger partial charge in [0, 0.05) is 18.7 Å².